The van der Waals surface area contributed by atoms with Crippen molar-refractivity contribution in [1.29, 1.82) is 0 Å². The minimum atomic E-state index is -4.37. The van der Waals surface area contributed by atoms with E-state index in [0.29, 0.717) is 10.4 Å². The van der Waals surface area contributed by atoms with E-state index in [-0.39, 0.29) is 5.78 Å². The van der Waals surface area contributed by atoms with E-state index in [4.69, 9.17) is 0 Å². The van der Waals surface area contributed by atoms with E-state index in [1.807, 2.05) is 6.07 Å². The molecular formula is C14H9F3OS2. The summed E-state index contributed by atoms with van der Waals surface area (Å²) in [5.74, 6) is 0.828. The third kappa shape index (κ3) is 2.50. The van der Waals surface area contributed by atoms with Crippen molar-refractivity contribution >= 4 is 28.9 Å². The number of hydrogen-bond acceptors (Lipinski definition) is 3. The number of aryl methyl sites for hydroxylation is 1. The molecule has 0 spiro atoms. The number of rotatable bonds is 2. The lowest BCUT2D eigenvalue weighted by Gasteiger charge is -2.06. The summed E-state index contributed by atoms with van der Waals surface area (Å²) in [5.41, 5.74) is -0.443. The first kappa shape index (κ1) is 13.7. The molecule has 0 saturated carbocycles. The molecule has 1 aliphatic heterocycles. The molecular weight excluding hydrogens is 305 g/mol. The van der Waals surface area contributed by atoms with Crippen molar-refractivity contribution in [1.82, 2.24) is 0 Å². The first-order valence-corrected chi connectivity index (χ1v) is 7.73. The first-order chi connectivity index (χ1) is 9.45. The highest BCUT2D eigenvalue weighted by Gasteiger charge is 2.30. The molecule has 0 saturated heterocycles. The molecule has 3 rings (SSSR count). The Labute approximate surface area is 121 Å². The van der Waals surface area contributed by atoms with Gasteiger partial charge >= 0.3 is 6.18 Å². The third-order valence-corrected chi connectivity index (χ3v) is 5.46. The molecule has 6 heteroatoms. The fourth-order valence-corrected chi connectivity index (χ4v) is 4.54. The number of alkyl halides is 3. The van der Waals surface area contributed by atoms with Crippen molar-refractivity contribution in [3.8, 4) is 0 Å². The molecule has 2 heterocycles. The number of hydrogen-bond donors (Lipinski definition) is 0. The summed E-state index contributed by atoms with van der Waals surface area (Å²) in [6.07, 6.45) is -3.41. The summed E-state index contributed by atoms with van der Waals surface area (Å²) in [6.45, 7) is 0. The fourth-order valence-electron chi connectivity index (χ4n) is 2.03. The Morgan fingerprint density at radius 1 is 1.15 bits per heavy atom. The molecule has 104 valence electrons. The molecule has 0 fully saturated rings. The molecule has 1 aromatic heterocycles. The number of carbonyl (C=O) groups is 1. The van der Waals surface area contributed by atoms with E-state index in [2.05, 4.69) is 0 Å². The van der Waals surface area contributed by atoms with Crippen LogP contribution in [0.25, 0.3) is 0 Å². The van der Waals surface area contributed by atoms with E-state index < -0.39 is 11.7 Å². The number of halogens is 3. The van der Waals surface area contributed by atoms with E-state index in [1.165, 1.54) is 28.3 Å². The lowest BCUT2D eigenvalue weighted by atomic mass is 10.1. The van der Waals surface area contributed by atoms with Crippen LogP contribution in [0.2, 0.25) is 0 Å². The van der Waals surface area contributed by atoms with E-state index in [9.17, 15) is 18.0 Å². The van der Waals surface area contributed by atoms with Gasteiger partial charge in [0.05, 0.1) is 10.4 Å². The molecule has 1 aliphatic rings. The average Bonchev–Trinajstić information content (AvgIpc) is 2.97. The van der Waals surface area contributed by atoms with Crippen LogP contribution < -0.4 is 0 Å². The predicted molar refractivity (Wildman–Crippen MR) is 73.6 cm³/mol. The van der Waals surface area contributed by atoms with Crippen LogP contribution in [0.3, 0.4) is 0 Å². The number of fused-ring (bicyclic) bond motifs is 1. The highest BCUT2D eigenvalue weighted by atomic mass is 32.2. The molecule has 0 atom stereocenters. The van der Waals surface area contributed by atoms with Crippen LogP contribution in [0.5, 0.6) is 0 Å². The molecule has 0 bridgehead atoms. The van der Waals surface area contributed by atoms with Gasteiger partial charge in [-0.3, -0.25) is 4.79 Å². The number of thiophene rings is 1. The maximum atomic E-state index is 12.5. The van der Waals surface area contributed by atoms with E-state index in [0.717, 1.165) is 29.2 Å². The standard InChI is InChI=1S/C14H9F3OS2/c15-14(16,17)9-3-1-8(2-4-9)13(18)12-7-11-10(20-12)5-6-19-11/h1-4,7H,5-6H2. The maximum Gasteiger partial charge on any atom is 0.416 e. The number of benzene rings is 1. The third-order valence-electron chi connectivity index (χ3n) is 3.06. The molecule has 1 aromatic carbocycles. The van der Waals surface area contributed by atoms with Gasteiger partial charge in [0.25, 0.3) is 0 Å². The van der Waals surface area contributed by atoms with E-state index >= 15 is 0 Å². The minimum absolute atomic E-state index is 0.210. The molecule has 0 N–H and O–H groups in total. The number of ketones is 1. The highest BCUT2D eigenvalue weighted by molar-refractivity contribution is 7.99. The zero-order valence-corrected chi connectivity index (χ0v) is 11.8. The highest BCUT2D eigenvalue weighted by Crippen LogP contribution is 2.38. The normalized spacial score (nSPS) is 14.3. The van der Waals surface area contributed by atoms with Gasteiger partial charge in [-0.05, 0) is 24.6 Å². The molecule has 0 radical (unpaired) electrons. The lowest BCUT2D eigenvalue weighted by molar-refractivity contribution is -0.137. The van der Waals surface area contributed by atoms with Gasteiger partial charge in [0.15, 0.2) is 0 Å². The second kappa shape index (κ2) is 4.93. The van der Waals surface area contributed by atoms with Gasteiger partial charge in [-0.15, -0.1) is 23.1 Å². The van der Waals surface area contributed by atoms with Crippen LogP contribution in [0.15, 0.2) is 35.2 Å². The Hall–Kier alpha value is -1.27. The summed E-state index contributed by atoms with van der Waals surface area (Å²) in [5, 5.41) is 0. The van der Waals surface area contributed by atoms with Gasteiger partial charge in [-0.1, -0.05) is 12.1 Å². The van der Waals surface area contributed by atoms with Crippen LogP contribution in [0.1, 0.15) is 25.7 Å². The lowest BCUT2D eigenvalue weighted by Crippen LogP contribution is -2.06. The Balaban J connectivity index is 1.86. The van der Waals surface area contributed by atoms with Crippen LogP contribution in [0, 0.1) is 0 Å². The van der Waals surface area contributed by atoms with Gasteiger partial charge < -0.3 is 0 Å². The van der Waals surface area contributed by atoms with Crippen LogP contribution in [-0.4, -0.2) is 11.5 Å². The Morgan fingerprint density at radius 3 is 2.45 bits per heavy atom. The van der Waals surface area contributed by atoms with Gasteiger partial charge in [-0.25, -0.2) is 0 Å². The topological polar surface area (TPSA) is 17.1 Å². The quantitative estimate of drug-likeness (QED) is 0.751. The molecule has 2 aromatic rings. The van der Waals surface area contributed by atoms with E-state index in [1.54, 1.807) is 11.8 Å². The zero-order chi connectivity index (χ0) is 14.3. The summed E-state index contributed by atoms with van der Waals surface area (Å²) in [4.78, 5) is 15.2. The summed E-state index contributed by atoms with van der Waals surface area (Å²) >= 11 is 3.16. The number of thioether (sulfide) groups is 1. The second-order valence-electron chi connectivity index (χ2n) is 4.40. The van der Waals surface area contributed by atoms with Crippen LogP contribution in [-0.2, 0) is 12.6 Å². The summed E-state index contributed by atoms with van der Waals surface area (Å²) < 4.78 is 37.4. The van der Waals surface area contributed by atoms with Gasteiger partial charge in [0, 0.05) is 21.1 Å². The molecule has 1 nitrogen and oxygen atoms in total. The Kier molecular flexibility index (Phi) is 3.38. The first-order valence-electron chi connectivity index (χ1n) is 5.92. The Morgan fingerprint density at radius 2 is 1.85 bits per heavy atom. The zero-order valence-electron chi connectivity index (χ0n) is 10.2. The van der Waals surface area contributed by atoms with Crippen molar-refractivity contribution in [3.05, 3.63) is 51.2 Å². The van der Waals surface area contributed by atoms with Crippen molar-refractivity contribution in [2.24, 2.45) is 0 Å². The van der Waals surface area contributed by atoms with Crippen molar-refractivity contribution in [2.45, 2.75) is 17.5 Å². The van der Waals surface area contributed by atoms with Crippen molar-refractivity contribution < 1.29 is 18.0 Å². The minimum Gasteiger partial charge on any atom is -0.288 e. The van der Waals surface area contributed by atoms with Gasteiger partial charge in [0.2, 0.25) is 5.78 Å². The largest absolute Gasteiger partial charge is 0.416 e. The molecule has 0 amide bonds. The van der Waals surface area contributed by atoms with Crippen LogP contribution in [0.4, 0.5) is 13.2 Å². The SMILES string of the molecule is O=C(c1ccc(C(F)(F)F)cc1)c1cc2c(s1)CCS2. The predicted octanol–water partition coefficient (Wildman–Crippen LogP) is 4.65. The maximum absolute atomic E-state index is 12.5. The average molecular weight is 314 g/mol. The molecule has 0 unspecified atom stereocenters. The number of carbonyl (C=O) groups excluding carboxylic acids is 1. The summed E-state index contributed by atoms with van der Waals surface area (Å²) in [6, 6.07) is 6.22. The Bertz CT molecular complexity index is 635. The van der Waals surface area contributed by atoms with Crippen molar-refractivity contribution in [3.63, 3.8) is 0 Å². The molecule has 20 heavy (non-hydrogen) atoms. The van der Waals surface area contributed by atoms with Crippen molar-refractivity contribution in [2.75, 3.05) is 5.75 Å². The van der Waals surface area contributed by atoms with Gasteiger partial charge in [0.1, 0.15) is 0 Å². The summed E-state index contributed by atoms with van der Waals surface area (Å²) in [7, 11) is 0. The second-order valence-corrected chi connectivity index (χ2v) is 6.67. The fraction of sp³-hybridized carbons (Fsp3) is 0.214. The smallest absolute Gasteiger partial charge is 0.288 e. The van der Waals surface area contributed by atoms with Crippen LogP contribution >= 0.6 is 23.1 Å². The molecule has 0 aliphatic carbocycles. The van der Waals surface area contributed by atoms with Gasteiger partial charge in [-0.2, -0.15) is 13.2 Å². The monoisotopic (exact) mass is 314 g/mol.